The number of ether oxygens (including phenoxy) is 1. The Balaban J connectivity index is 2.40. The van der Waals surface area contributed by atoms with E-state index in [-0.39, 0.29) is 6.10 Å². The first kappa shape index (κ1) is 7.03. The Labute approximate surface area is 55.8 Å². The lowest BCUT2D eigenvalue weighted by Crippen LogP contribution is -2.22. The molecule has 2 heteroatoms. The number of aliphatic hydroxyl groups is 1. The van der Waals surface area contributed by atoms with Crippen LogP contribution in [-0.4, -0.2) is 24.4 Å². The van der Waals surface area contributed by atoms with Crippen molar-refractivity contribution >= 4 is 0 Å². The smallest absolute Gasteiger partial charge is 0.0826 e. The molecule has 0 unspecified atom stereocenters. The molecule has 1 rings (SSSR count). The van der Waals surface area contributed by atoms with Gasteiger partial charge in [0.1, 0.15) is 0 Å². The molecule has 2 atom stereocenters. The summed E-state index contributed by atoms with van der Waals surface area (Å²) >= 11 is 0. The average molecular weight is 130 g/mol. The molecule has 0 amide bonds. The summed E-state index contributed by atoms with van der Waals surface area (Å²) in [6.45, 7) is 5.49. The monoisotopic (exact) mass is 130 g/mol. The normalized spacial score (nSPS) is 36.0. The number of rotatable bonds is 1. The zero-order chi connectivity index (χ0) is 6.85. The molecule has 54 valence electrons. The second kappa shape index (κ2) is 2.67. The summed E-state index contributed by atoms with van der Waals surface area (Å²) in [6, 6.07) is 0. The van der Waals surface area contributed by atoms with Crippen molar-refractivity contribution in [2.75, 3.05) is 13.2 Å². The minimum Gasteiger partial charge on any atom is -0.390 e. The van der Waals surface area contributed by atoms with E-state index < -0.39 is 0 Å². The molecule has 1 saturated heterocycles. The molecule has 1 aliphatic heterocycles. The Morgan fingerprint density at radius 2 is 2.11 bits per heavy atom. The Hall–Kier alpha value is -0.0800. The molecule has 1 fully saturated rings. The van der Waals surface area contributed by atoms with Gasteiger partial charge in [-0.25, -0.2) is 0 Å². The summed E-state index contributed by atoms with van der Waals surface area (Å²) in [7, 11) is 0. The molecule has 0 aliphatic carbocycles. The van der Waals surface area contributed by atoms with E-state index in [1.54, 1.807) is 0 Å². The van der Waals surface area contributed by atoms with Gasteiger partial charge in [-0.1, -0.05) is 13.8 Å². The van der Waals surface area contributed by atoms with Crippen LogP contribution >= 0.6 is 0 Å². The van der Waals surface area contributed by atoms with E-state index in [0.717, 1.165) is 6.61 Å². The predicted octanol–water partition coefficient (Wildman–Crippen LogP) is 0.650. The largest absolute Gasteiger partial charge is 0.390 e. The van der Waals surface area contributed by atoms with Crippen LogP contribution in [-0.2, 0) is 4.74 Å². The summed E-state index contributed by atoms with van der Waals surface area (Å²) in [4.78, 5) is 0. The quantitative estimate of drug-likeness (QED) is 0.564. The molecule has 0 saturated carbocycles. The fourth-order valence-corrected chi connectivity index (χ4v) is 1.20. The van der Waals surface area contributed by atoms with Gasteiger partial charge in [-0.2, -0.15) is 0 Å². The van der Waals surface area contributed by atoms with Gasteiger partial charge < -0.3 is 9.84 Å². The van der Waals surface area contributed by atoms with E-state index in [0.29, 0.717) is 18.4 Å². The zero-order valence-corrected chi connectivity index (χ0v) is 6.00. The molecule has 0 bridgehead atoms. The van der Waals surface area contributed by atoms with Crippen LogP contribution in [0, 0.1) is 11.8 Å². The standard InChI is InChI=1S/C7H14O2/c1-5(2)6-3-9-4-7(6)8/h5-8H,3-4H2,1-2H3/t6-,7+/m1/s1. The second-order valence-electron chi connectivity index (χ2n) is 3.01. The summed E-state index contributed by atoms with van der Waals surface area (Å²) in [5, 5.41) is 9.23. The van der Waals surface area contributed by atoms with Gasteiger partial charge in [-0.05, 0) is 5.92 Å². The van der Waals surface area contributed by atoms with Gasteiger partial charge in [0.25, 0.3) is 0 Å². The Morgan fingerprint density at radius 3 is 2.33 bits per heavy atom. The Kier molecular flexibility index (Phi) is 2.09. The molecular formula is C7H14O2. The van der Waals surface area contributed by atoms with Crippen molar-refractivity contribution in [3.05, 3.63) is 0 Å². The highest BCUT2D eigenvalue weighted by atomic mass is 16.5. The van der Waals surface area contributed by atoms with Crippen LogP contribution < -0.4 is 0 Å². The third-order valence-electron chi connectivity index (χ3n) is 1.95. The highest BCUT2D eigenvalue weighted by Gasteiger charge is 2.28. The average Bonchev–Trinajstić information content (AvgIpc) is 2.13. The molecule has 0 aromatic carbocycles. The van der Waals surface area contributed by atoms with E-state index in [4.69, 9.17) is 4.74 Å². The summed E-state index contributed by atoms with van der Waals surface area (Å²) < 4.78 is 5.08. The Bertz CT molecular complexity index is 90.9. The lowest BCUT2D eigenvalue weighted by molar-refractivity contribution is 0.109. The van der Waals surface area contributed by atoms with Crippen LogP contribution in [0.15, 0.2) is 0 Å². The van der Waals surface area contributed by atoms with Crippen molar-refractivity contribution in [2.45, 2.75) is 20.0 Å². The third-order valence-corrected chi connectivity index (χ3v) is 1.95. The first-order valence-electron chi connectivity index (χ1n) is 3.47. The molecule has 0 aromatic rings. The van der Waals surface area contributed by atoms with Crippen LogP contribution in [0.4, 0.5) is 0 Å². The topological polar surface area (TPSA) is 29.5 Å². The molecule has 9 heavy (non-hydrogen) atoms. The predicted molar refractivity (Wildman–Crippen MR) is 35.2 cm³/mol. The third kappa shape index (κ3) is 1.43. The number of aliphatic hydroxyl groups excluding tert-OH is 1. The highest BCUT2D eigenvalue weighted by molar-refractivity contribution is 4.75. The summed E-state index contributed by atoms with van der Waals surface area (Å²) in [6.07, 6.45) is -0.218. The molecule has 1 heterocycles. The van der Waals surface area contributed by atoms with Crippen molar-refractivity contribution < 1.29 is 9.84 Å². The van der Waals surface area contributed by atoms with Gasteiger partial charge in [0.2, 0.25) is 0 Å². The summed E-state index contributed by atoms with van der Waals surface area (Å²) in [5.74, 6) is 0.910. The Morgan fingerprint density at radius 1 is 1.44 bits per heavy atom. The minimum atomic E-state index is -0.218. The van der Waals surface area contributed by atoms with Gasteiger partial charge >= 0.3 is 0 Å². The molecule has 0 spiro atoms. The maximum atomic E-state index is 9.23. The molecular weight excluding hydrogens is 116 g/mol. The fourth-order valence-electron chi connectivity index (χ4n) is 1.20. The maximum absolute atomic E-state index is 9.23. The lowest BCUT2D eigenvalue weighted by atomic mass is 9.93. The molecule has 2 nitrogen and oxygen atoms in total. The zero-order valence-electron chi connectivity index (χ0n) is 6.00. The van der Waals surface area contributed by atoms with Gasteiger partial charge in [0.05, 0.1) is 19.3 Å². The number of hydrogen-bond donors (Lipinski definition) is 1. The lowest BCUT2D eigenvalue weighted by Gasteiger charge is -2.15. The van der Waals surface area contributed by atoms with Crippen LogP contribution in [0.3, 0.4) is 0 Å². The van der Waals surface area contributed by atoms with Crippen LogP contribution in [0.25, 0.3) is 0 Å². The molecule has 0 aromatic heterocycles. The van der Waals surface area contributed by atoms with Crippen molar-refractivity contribution in [2.24, 2.45) is 11.8 Å². The summed E-state index contributed by atoms with van der Waals surface area (Å²) in [5.41, 5.74) is 0. The maximum Gasteiger partial charge on any atom is 0.0826 e. The molecule has 1 N–H and O–H groups in total. The van der Waals surface area contributed by atoms with Crippen molar-refractivity contribution in [3.63, 3.8) is 0 Å². The van der Waals surface area contributed by atoms with Gasteiger partial charge in [-0.15, -0.1) is 0 Å². The van der Waals surface area contributed by atoms with Gasteiger partial charge in [0, 0.05) is 5.92 Å². The van der Waals surface area contributed by atoms with Crippen LogP contribution in [0.2, 0.25) is 0 Å². The molecule has 1 aliphatic rings. The fraction of sp³-hybridized carbons (Fsp3) is 1.00. The van der Waals surface area contributed by atoms with Crippen molar-refractivity contribution in [3.8, 4) is 0 Å². The SMILES string of the molecule is CC(C)[C@H]1COC[C@@H]1O. The minimum absolute atomic E-state index is 0.218. The highest BCUT2D eigenvalue weighted by Crippen LogP contribution is 2.21. The van der Waals surface area contributed by atoms with E-state index in [2.05, 4.69) is 13.8 Å². The first-order chi connectivity index (χ1) is 4.22. The van der Waals surface area contributed by atoms with Gasteiger partial charge in [0.15, 0.2) is 0 Å². The first-order valence-corrected chi connectivity index (χ1v) is 3.47. The van der Waals surface area contributed by atoms with Crippen LogP contribution in [0.1, 0.15) is 13.8 Å². The molecule has 0 radical (unpaired) electrons. The van der Waals surface area contributed by atoms with Gasteiger partial charge in [-0.3, -0.25) is 0 Å². The van der Waals surface area contributed by atoms with E-state index in [1.165, 1.54) is 0 Å². The van der Waals surface area contributed by atoms with Crippen molar-refractivity contribution in [1.29, 1.82) is 0 Å². The van der Waals surface area contributed by atoms with Crippen LogP contribution in [0.5, 0.6) is 0 Å². The van der Waals surface area contributed by atoms with Crippen molar-refractivity contribution in [1.82, 2.24) is 0 Å². The second-order valence-corrected chi connectivity index (χ2v) is 3.01. The van der Waals surface area contributed by atoms with E-state index in [1.807, 2.05) is 0 Å². The van der Waals surface area contributed by atoms with E-state index in [9.17, 15) is 5.11 Å². The van der Waals surface area contributed by atoms with E-state index >= 15 is 0 Å². The number of hydrogen-bond acceptors (Lipinski definition) is 2.